The molecule has 0 aliphatic heterocycles. The highest BCUT2D eigenvalue weighted by molar-refractivity contribution is 5.71. The zero-order chi connectivity index (χ0) is 22.5. The zero-order valence-electron chi connectivity index (χ0n) is 18.2. The molecule has 3 aromatic rings. The smallest absolute Gasteiger partial charge is 0.306 e. The SMILES string of the molecule is COc1ccnc(Nc2cc(C)cc(-c3ccc(NC4CCC(C(=O)O)CC4)nc3)c2)n1. The third kappa shape index (κ3) is 5.32. The number of anilines is 3. The summed E-state index contributed by atoms with van der Waals surface area (Å²) in [5.74, 6) is 0.879. The van der Waals surface area contributed by atoms with Gasteiger partial charge in [0.15, 0.2) is 0 Å². The number of methoxy groups -OCH3 is 1. The first-order chi connectivity index (χ1) is 15.5. The number of aliphatic carboxylic acids is 1. The van der Waals surface area contributed by atoms with Crippen LogP contribution in [0.5, 0.6) is 5.88 Å². The van der Waals surface area contributed by atoms with E-state index in [1.165, 1.54) is 0 Å². The molecule has 0 unspecified atom stereocenters. The van der Waals surface area contributed by atoms with Gasteiger partial charge in [0.1, 0.15) is 5.82 Å². The molecule has 0 bridgehead atoms. The van der Waals surface area contributed by atoms with Crippen LogP contribution in [0.1, 0.15) is 31.2 Å². The van der Waals surface area contributed by atoms with Gasteiger partial charge in [0, 0.05) is 35.8 Å². The molecule has 1 aliphatic rings. The maximum absolute atomic E-state index is 11.1. The average Bonchev–Trinajstić information content (AvgIpc) is 2.79. The molecule has 2 aromatic heterocycles. The van der Waals surface area contributed by atoms with Gasteiger partial charge in [-0.05, 0) is 68.0 Å². The third-order valence-electron chi connectivity index (χ3n) is 5.70. The number of carbonyl (C=O) groups is 1. The van der Waals surface area contributed by atoms with Crippen molar-refractivity contribution >= 4 is 23.4 Å². The Morgan fingerprint density at radius 1 is 1.06 bits per heavy atom. The van der Waals surface area contributed by atoms with Crippen LogP contribution >= 0.6 is 0 Å². The topological polar surface area (TPSA) is 109 Å². The minimum Gasteiger partial charge on any atom is -0.481 e. The van der Waals surface area contributed by atoms with Crippen LogP contribution in [0, 0.1) is 12.8 Å². The summed E-state index contributed by atoms with van der Waals surface area (Å²) in [7, 11) is 1.57. The summed E-state index contributed by atoms with van der Waals surface area (Å²) in [5.41, 5.74) is 4.02. The van der Waals surface area contributed by atoms with E-state index in [9.17, 15) is 4.79 Å². The highest BCUT2D eigenvalue weighted by atomic mass is 16.5. The van der Waals surface area contributed by atoms with Crippen molar-refractivity contribution in [3.05, 3.63) is 54.4 Å². The summed E-state index contributed by atoms with van der Waals surface area (Å²) >= 11 is 0. The number of hydrogen-bond donors (Lipinski definition) is 3. The van der Waals surface area contributed by atoms with Gasteiger partial charge in [-0.15, -0.1) is 0 Å². The van der Waals surface area contributed by atoms with Gasteiger partial charge in [0.05, 0.1) is 13.0 Å². The van der Waals surface area contributed by atoms with E-state index in [0.717, 1.165) is 41.0 Å². The second-order valence-corrected chi connectivity index (χ2v) is 8.10. The molecule has 1 fully saturated rings. The number of nitrogens with one attached hydrogen (secondary N) is 2. The Bertz CT molecular complexity index is 1080. The molecule has 2 heterocycles. The van der Waals surface area contributed by atoms with Gasteiger partial charge in [-0.3, -0.25) is 4.79 Å². The van der Waals surface area contributed by atoms with Crippen LogP contribution in [0.15, 0.2) is 48.8 Å². The van der Waals surface area contributed by atoms with Crippen LogP contribution in [0.3, 0.4) is 0 Å². The van der Waals surface area contributed by atoms with Crippen LogP contribution in [-0.4, -0.2) is 39.2 Å². The molecule has 0 saturated heterocycles. The fourth-order valence-electron chi connectivity index (χ4n) is 4.01. The van der Waals surface area contributed by atoms with Crippen LogP contribution in [0.25, 0.3) is 11.1 Å². The fourth-order valence-corrected chi connectivity index (χ4v) is 4.01. The molecule has 166 valence electrons. The third-order valence-corrected chi connectivity index (χ3v) is 5.70. The molecular formula is C24H27N5O3. The van der Waals surface area contributed by atoms with Crippen molar-refractivity contribution in [3.63, 3.8) is 0 Å². The number of carboxylic acid groups (broad SMARTS) is 1. The van der Waals surface area contributed by atoms with Crippen molar-refractivity contribution in [2.24, 2.45) is 5.92 Å². The Morgan fingerprint density at radius 2 is 1.88 bits per heavy atom. The number of carboxylic acids is 1. The predicted octanol–water partition coefficient (Wildman–Crippen LogP) is 4.65. The Kier molecular flexibility index (Phi) is 6.49. The maximum Gasteiger partial charge on any atom is 0.306 e. The minimum atomic E-state index is -0.684. The lowest BCUT2D eigenvalue weighted by Crippen LogP contribution is -2.29. The van der Waals surface area contributed by atoms with Gasteiger partial charge < -0.3 is 20.5 Å². The molecule has 3 N–H and O–H groups in total. The van der Waals surface area contributed by atoms with E-state index in [1.807, 2.05) is 37.4 Å². The molecule has 0 spiro atoms. The molecule has 1 saturated carbocycles. The van der Waals surface area contributed by atoms with E-state index in [1.54, 1.807) is 19.4 Å². The van der Waals surface area contributed by atoms with Gasteiger partial charge in [-0.1, -0.05) is 6.07 Å². The van der Waals surface area contributed by atoms with Crippen molar-refractivity contribution in [1.29, 1.82) is 0 Å². The van der Waals surface area contributed by atoms with E-state index in [2.05, 4.69) is 31.7 Å². The van der Waals surface area contributed by atoms with Gasteiger partial charge in [-0.2, -0.15) is 4.98 Å². The monoisotopic (exact) mass is 433 g/mol. The summed E-state index contributed by atoms with van der Waals surface area (Å²) in [6.45, 7) is 2.04. The number of aromatic nitrogens is 3. The van der Waals surface area contributed by atoms with Crippen molar-refractivity contribution in [2.45, 2.75) is 38.6 Å². The van der Waals surface area contributed by atoms with E-state index < -0.39 is 5.97 Å². The summed E-state index contributed by atoms with van der Waals surface area (Å²) in [6, 6.07) is 12.1. The molecule has 1 aliphatic carbocycles. The number of rotatable bonds is 7. The molecule has 8 nitrogen and oxygen atoms in total. The zero-order valence-corrected chi connectivity index (χ0v) is 18.2. The predicted molar refractivity (Wildman–Crippen MR) is 123 cm³/mol. The van der Waals surface area contributed by atoms with Gasteiger partial charge in [0.2, 0.25) is 11.8 Å². The first-order valence-electron chi connectivity index (χ1n) is 10.7. The van der Waals surface area contributed by atoms with Crippen LogP contribution in [-0.2, 0) is 4.79 Å². The number of benzene rings is 1. The second-order valence-electron chi connectivity index (χ2n) is 8.10. The van der Waals surface area contributed by atoms with Gasteiger partial charge in [0.25, 0.3) is 0 Å². The lowest BCUT2D eigenvalue weighted by atomic mass is 9.86. The molecule has 1 aromatic carbocycles. The standard InChI is InChI=1S/C24H27N5O3/c1-15-11-18(13-20(12-15)28-24-25-10-9-22(29-24)32-2)17-5-8-21(26-14-17)27-19-6-3-16(4-7-19)23(30)31/h5,8-14,16,19H,3-4,6-7H2,1-2H3,(H,26,27)(H,30,31)(H,25,28,29). The van der Waals surface area contributed by atoms with E-state index >= 15 is 0 Å². The van der Waals surface area contributed by atoms with E-state index in [4.69, 9.17) is 9.84 Å². The largest absolute Gasteiger partial charge is 0.481 e. The van der Waals surface area contributed by atoms with Crippen LogP contribution in [0.4, 0.5) is 17.5 Å². The highest BCUT2D eigenvalue weighted by Crippen LogP contribution is 2.29. The Balaban J connectivity index is 1.44. The first kappa shape index (κ1) is 21.5. The average molecular weight is 434 g/mol. The fraction of sp³-hybridized carbons (Fsp3) is 0.333. The number of aryl methyl sites for hydroxylation is 1. The van der Waals surface area contributed by atoms with Crippen molar-refractivity contribution in [3.8, 4) is 17.0 Å². The van der Waals surface area contributed by atoms with E-state index in [-0.39, 0.29) is 12.0 Å². The minimum absolute atomic E-state index is 0.213. The lowest BCUT2D eigenvalue weighted by molar-refractivity contribution is -0.142. The molecule has 0 atom stereocenters. The highest BCUT2D eigenvalue weighted by Gasteiger charge is 2.25. The van der Waals surface area contributed by atoms with Gasteiger partial charge in [-0.25, -0.2) is 9.97 Å². The summed E-state index contributed by atoms with van der Waals surface area (Å²) < 4.78 is 5.16. The van der Waals surface area contributed by atoms with Crippen LogP contribution < -0.4 is 15.4 Å². The number of ether oxygens (including phenoxy) is 1. The summed E-state index contributed by atoms with van der Waals surface area (Å²) in [4.78, 5) is 24.2. The number of nitrogens with zero attached hydrogens (tertiary/aromatic N) is 3. The molecule has 0 radical (unpaired) electrons. The lowest BCUT2D eigenvalue weighted by Gasteiger charge is -2.27. The first-order valence-corrected chi connectivity index (χ1v) is 10.7. The van der Waals surface area contributed by atoms with Crippen molar-refractivity contribution in [1.82, 2.24) is 15.0 Å². The molecule has 0 amide bonds. The molecule has 4 rings (SSSR count). The Labute approximate surface area is 187 Å². The Hall–Kier alpha value is -3.68. The molecule has 32 heavy (non-hydrogen) atoms. The second kappa shape index (κ2) is 9.64. The molecule has 8 heteroatoms. The maximum atomic E-state index is 11.1. The van der Waals surface area contributed by atoms with Gasteiger partial charge >= 0.3 is 5.97 Å². The van der Waals surface area contributed by atoms with Crippen molar-refractivity contribution in [2.75, 3.05) is 17.7 Å². The normalized spacial score (nSPS) is 18.1. The van der Waals surface area contributed by atoms with Crippen LogP contribution in [0.2, 0.25) is 0 Å². The number of pyridine rings is 1. The molecular weight excluding hydrogens is 406 g/mol. The Morgan fingerprint density at radius 3 is 2.56 bits per heavy atom. The number of hydrogen-bond acceptors (Lipinski definition) is 7. The summed E-state index contributed by atoms with van der Waals surface area (Å²) in [5, 5.41) is 15.8. The summed E-state index contributed by atoms with van der Waals surface area (Å²) in [6.07, 6.45) is 6.61. The van der Waals surface area contributed by atoms with Crippen molar-refractivity contribution < 1.29 is 14.6 Å². The van der Waals surface area contributed by atoms with E-state index in [0.29, 0.717) is 24.7 Å². The quantitative estimate of drug-likeness (QED) is 0.494.